The highest BCUT2D eigenvalue weighted by Crippen LogP contribution is 2.51. The summed E-state index contributed by atoms with van der Waals surface area (Å²) in [6.07, 6.45) is 0. The molecule has 204 valence electrons. The van der Waals surface area contributed by atoms with Gasteiger partial charge in [0.05, 0.1) is 0 Å². The number of hydrogen-bond donors (Lipinski definition) is 0. The van der Waals surface area contributed by atoms with Gasteiger partial charge in [0.1, 0.15) is 22.7 Å². The second kappa shape index (κ2) is 8.82. The van der Waals surface area contributed by atoms with Gasteiger partial charge < -0.3 is 9.15 Å². The lowest BCUT2D eigenvalue weighted by Gasteiger charge is -2.24. The van der Waals surface area contributed by atoms with Gasteiger partial charge in [-0.05, 0) is 85.1 Å². The van der Waals surface area contributed by atoms with E-state index in [1.54, 1.807) is 0 Å². The van der Waals surface area contributed by atoms with Crippen LogP contribution in [0.3, 0.4) is 0 Å². The second-order valence-electron chi connectivity index (χ2n) is 11.6. The van der Waals surface area contributed by atoms with Crippen molar-refractivity contribution in [2.45, 2.75) is 0 Å². The molecule has 0 radical (unpaired) electrons. The van der Waals surface area contributed by atoms with E-state index < -0.39 is 0 Å². The van der Waals surface area contributed by atoms with Crippen LogP contribution in [0, 0.1) is 0 Å². The predicted molar refractivity (Wildman–Crippen MR) is 183 cm³/mol. The minimum Gasteiger partial charge on any atom is -0.456 e. The van der Waals surface area contributed by atoms with Crippen LogP contribution in [-0.4, -0.2) is 0 Å². The summed E-state index contributed by atoms with van der Waals surface area (Å²) in [6.45, 7) is 0. The van der Waals surface area contributed by atoms with E-state index in [9.17, 15) is 0 Å². The van der Waals surface area contributed by atoms with Crippen molar-refractivity contribution < 1.29 is 9.15 Å². The van der Waals surface area contributed by atoms with Gasteiger partial charge in [-0.25, -0.2) is 0 Å². The van der Waals surface area contributed by atoms with Gasteiger partial charge >= 0.3 is 0 Å². The predicted octanol–water partition coefficient (Wildman–Crippen LogP) is 12.2. The fraction of sp³-hybridized carbons (Fsp3) is 0. The molecule has 0 spiro atoms. The summed E-state index contributed by atoms with van der Waals surface area (Å²) < 4.78 is 12.6. The summed E-state index contributed by atoms with van der Waals surface area (Å²) in [5.74, 6) is 1.81. The van der Waals surface area contributed by atoms with Crippen LogP contribution in [-0.2, 0) is 0 Å². The standard InChI is InChI=1S/C42H24O2/c1-3-14-30-28(12-1)40(25-20-23-38-35(24-25)27-11-6-8-18-37(27)43-38)29-13-2-4-15-31(29)41(30)34-22-21-33-26-10-5-7-17-36(26)44-39-19-9-16-32(34)42(33)39/h1-24H. The van der Waals surface area contributed by atoms with Crippen molar-refractivity contribution in [3.05, 3.63) is 146 Å². The molecule has 1 aliphatic heterocycles. The molecule has 2 heteroatoms. The van der Waals surface area contributed by atoms with Gasteiger partial charge in [0.15, 0.2) is 0 Å². The van der Waals surface area contributed by atoms with Gasteiger partial charge in [0.2, 0.25) is 0 Å². The average molecular weight is 561 g/mol. The molecule has 0 bridgehead atoms. The van der Waals surface area contributed by atoms with Gasteiger partial charge in [-0.1, -0.05) is 115 Å². The number of para-hydroxylation sites is 2. The molecule has 0 saturated heterocycles. The molecule has 44 heavy (non-hydrogen) atoms. The summed E-state index contributed by atoms with van der Waals surface area (Å²) in [4.78, 5) is 0. The Hall–Kier alpha value is -5.86. The molecule has 0 N–H and O–H groups in total. The molecule has 0 atom stereocenters. The quantitative estimate of drug-likeness (QED) is 0.196. The van der Waals surface area contributed by atoms with Crippen molar-refractivity contribution in [2.75, 3.05) is 0 Å². The number of ether oxygens (including phenoxy) is 1. The fourth-order valence-electron chi connectivity index (χ4n) is 7.41. The first-order valence-electron chi connectivity index (χ1n) is 15.0. The lowest BCUT2D eigenvalue weighted by molar-refractivity contribution is 0.487. The SMILES string of the molecule is c1ccc2c(c1)Oc1cccc3c(-c4c5ccccc5c(-c5ccc6oc7ccccc7c6c5)c5ccccc45)ccc-2c13. The maximum absolute atomic E-state index is 6.44. The number of benzene rings is 8. The number of furan rings is 1. The van der Waals surface area contributed by atoms with Crippen molar-refractivity contribution in [1.29, 1.82) is 0 Å². The molecule has 0 unspecified atom stereocenters. The molecule has 8 aromatic carbocycles. The topological polar surface area (TPSA) is 22.4 Å². The molecule has 2 heterocycles. The Bertz CT molecular complexity index is 2580. The average Bonchev–Trinajstić information content (AvgIpc) is 3.45. The van der Waals surface area contributed by atoms with Crippen molar-refractivity contribution in [2.24, 2.45) is 0 Å². The first-order chi connectivity index (χ1) is 21.8. The highest BCUT2D eigenvalue weighted by Gasteiger charge is 2.24. The van der Waals surface area contributed by atoms with Crippen molar-refractivity contribution in [3.8, 4) is 44.9 Å². The van der Waals surface area contributed by atoms with Crippen LogP contribution >= 0.6 is 0 Å². The molecular formula is C42H24O2. The van der Waals surface area contributed by atoms with Gasteiger partial charge in [-0.3, -0.25) is 0 Å². The normalized spacial score (nSPS) is 12.3. The molecule has 0 fully saturated rings. The van der Waals surface area contributed by atoms with Crippen LogP contribution in [0.25, 0.3) is 87.6 Å². The molecule has 10 rings (SSSR count). The van der Waals surface area contributed by atoms with Gasteiger partial charge in [-0.15, -0.1) is 0 Å². The van der Waals surface area contributed by atoms with Gasteiger partial charge in [-0.2, -0.15) is 0 Å². The Kier molecular flexibility index (Phi) is 4.75. The molecule has 2 nitrogen and oxygen atoms in total. The zero-order valence-electron chi connectivity index (χ0n) is 23.7. The van der Waals surface area contributed by atoms with Crippen LogP contribution in [0.4, 0.5) is 0 Å². The van der Waals surface area contributed by atoms with Crippen LogP contribution in [0.2, 0.25) is 0 Å². The van der Waals surface area contributed by atoms with E-state index in [-0.39, 0.29) is 0 Å². The first-order valence-corrected chi connectivity index (χ1v) is 15.0. The zero-order valence-corrected chi connectivity index (χ0v) is 23.7. The van der Waals surface area contributed by atoms with Crippen LogP contribution < -0.4 is 4.74 Å². The maximum Gasteiger partial charge on any atom is 0.135 e. The largest absolute Gasteiger partial charge is 0.456 e. The number of hydrogen-bond acceptors (Lipinski definition) is 2. The zero-order chi connectivity index (χ0) is 28.8. The van der Waals surface area contributed by atoms with Crippen molar-refractivity contribution >= 4 is 54.3 Å². The van der Waals surface area contributed by atoms with Crippen LogP contribution in [0.1, 0.15) is 0 Å². The highest BCUT2D eigenvalue weighted by atomic mass is 16.5. The van der Waals surface area contributed by atoms with E-state index in [1.165, 1.54) is 60.1 Å². The molecule has 1 aliphatic rings. The molecule has 0 amide bonds. The molecule has 0 saturated carbocycles. The van der Waals surface area contributed by atoms with Crippen LogP contribution in [0.5, 0.6) is 11.5 Å². The number of fused-ring (bicyclic) bond motifs is 7. The molecular weight excluding hydrogens is 536 g/mol. The monoisotopic (exact) mass is 560 g/mol. The Morgan fingerprint density at radius 3 is 1.73 bits per heavy atom. The van der Waals surface area contributed by atoms with Gasteiger partial charge in [0, 0.05) is 21.7 Å². The number of rotatable bonds is 2. The van der Waals surface area contributed by atoms with E-state index in [0.717, 1.165) is 39.0 Å². The fourth-order valence-corrected chi connectivity index (χ4v) is 7.41. The lowest BCUT2D eigenvalue weighted by atomic mass is 9.83. The van der Waals surface area contributed by atoms with E-state index in [4.69, 9.17) is 9.15 Å². The summed E-state index contributed by atoms with van der Waals surface area (Å²) >= 11 is 0. The Morgan fingerprint density at radius 1 is 0.341 bits per heavy atom. The van der Waals surface area contributed by atoms with E-state index in [1.807, 2.05) is 18.2 Å². The van der Waals surface area contributed by atoms with Crippen LogP contribution in [0.15, 0.2) is 150 Å². The summed E-state index contributed by atoms with van der Waals surface area (Å²) in [5, 5.41) is 9.57. The third kappa shape index (κ3) is 3.20. The Labute approximate surface area is 253 Å². The Morgan fingerprint density at radius 2 is 0.932 bits per heavy atom. The summed E-state index contributed by atoms with van der Waals surface area (Å²) in [6, 6.07) is 51.9. The van der Waals surface area contributed by atoms with Gasteiger partial charge in [0.25, 0.3) is 0 Å². The second-order valence-corrected chi connectivity index (χ2v) is 11.6. The Balaban J connectivity index is 1.31. The summed E-state index contributed by atoms with van der Waals surface area (Å²) in [7, 11) is 0. The molecule has 9 aromatic rings. The minimum atomic E-state index is 0.905. The maximum atomic E-state index is 6.44. The third-order valence-corrected chi connectivity index (χ3v) is 9.27. The smallest absolute Gasteiger partial charge is 0.135 e. The van der Waals surface area contributed by atoms with E-state index in [2.05, 4.69) is 127 Å². The summed E-state index contributed by atoms with van der Waals surface area (Å²) in [5.41, 5.74) is 9.06. The molecule has 0 aliphatic carbocycles. The molecule has 1 aromatic heterocycles. The third-order valence-electron chi connectivity index (χ3n) is 9.27. The first kappa shape index (κ1) is 23.7. The highest BCUT2D eigenvalue weighted by molar-refractivity contribution is 6.25. The van der Waals surface area contributed by atoms with E-state index in [0.29, 0.717) is 0 Å². The minimum absolute atomic E-state index is 0.905. The van der Waals surface area contributed by atoms with E-state index >= 15 is 0 Å². The lowest BCUT2D eigenvalue weighted by Crippen LogP contribution is -1.98. The van der Waals surface area contributed by atoms with Crippen molar-refractivity contribution in [3.63, 3.8) is 0 Å². The van der Waals surface area contributed by atoms with Crippen molar-refractivity contribution in [1.82, 2.24) is 0 Å².